The SMILES string of the molecule is CCn1c2c3c4cc(ccc41)-c1nc(cs1)C[C@H](NC(=O)[C@H](C1CCCC1)N(C)C(=O)N1CCOC[C@@H]1C(=O)O)C(=O)N1CCC[C@H](N1)C(=O)OCC(C)(C)C3[C@H](OC)c1ncc(N3CCN(C4CC4)CC3)cc1-2. The minimum absolute atomic E-state index is 0.0331. The van der Waals surface area contributed by atoms with E-state index in [-0.39, 0.29) is 51.2 Å². The number of nitrogens with zero attached hydrogens (tertiary/aromatic N) is 8. The molecule has 7 aliphatic rings. The second-order valence-corrected chi connectivity index (χ2v) is 22.9. The maximum absolute atomic E-state index is 14.9. The number of carboxylic acid groups (broad SMARTS) is 1. The monoisotopic (exact) mass is 1030 g/mol. The third-order valence-corrected chi connectivity index (χ3v) is 17.9. The summed E-state index contributed by atoms with van der Waals surface area (Å²) in [6.07, 6.45) is 8.22. The molecule has 7 heterocycles. The maximum Gasteiger partial charge on any atom is 0.328 e. The van der Waals surface area contributed by atoms with Crippen LogP contribution in [0.3, 0.4) is 0 Å². The highest BCUT2D eigenvalue weighted by atomic mass is 32.1. The van der Waals surface area contributed by atoms with Gasteiger partial charge in [0.25, 0.3) is 5.91 Å². The summed E-state index contributed by atoms with van der Waals surface area (Å²) in [6.45, 7) is 11.5. The number of rotatable bonds is 9. The van der Waals surface area contributed by atoms with Crippen LogP contribution in [0.15, 0.2) is 35.8 Å². The van der Waals surface area contributed by atoms with Crippen molar-refractivity contribution >= 4 is 57.7 Å². The average molecular weight is 1040 g/mol. The van der Waals surface area contributed by atoms with E-state index in [9.17, 15) is 29.1 Å². The van der Waals surface area contributed by atoms with Crippen LogP contribution in [-0.2, 0) is 46.4 Å². The quantitative estimate of drug-likeness (QED) is 0.179. The lowest BCUT2D eigenvalue weighted by molar-refractivity contribution is -0.156. The molecule has 396 valence electrons. The molecule has 3 saturated heterocycles. The van der Waals surface area contributed by atoms with Crippen molar-refractivity contribution in [1.82, 2.24) is 45.0 Å². The smallest absolute Gasteiger partial charge is 0.328 e. The Bertz CT molecular complexity index is 2820. The van der Waals surface area contributed by atoms with Crippen molar-refractivity contribution in [3.63, 3.8) is 0 Å². The zero-order chi connectivity index (χ0) is 51.6. The summed E-state index contributed by atoms with van der Waals surface area (Å²) < 4.78 is 20.7. The first-order chi connectivity index (χ1) is 35.7. The first-order valence-electron chi connectivity index (χ1n) is 26.8. The number of methoxy groups -OCH3 is 1. The number of urea groups is 1. The normalized spacial score (nSPS) is 26.1. The van der Waals surface area contributed by atoms with E-state index in [1.165, 1.54) is 46.0 Å². The van der Waals surface area contributed by atoms with Gasteiger partial charge in [0.1, 0.15) is 29.2 Å². The standard InChI is InChI=1S/C54H70N10O9S/c1-6-62-40-16-13-32-24-36(40)42-43(47(71-5)44-37(46(42)62)26-35(27-55-44)61-20-18-60(19-21-61)34-14-15-34)54(2,3)30-73-52(69)38-12-9-17-64(58-38)50(66)39(25-33-29-74-49(32)56-33)57-48(65)45(31-10-7-8-11-31)59(4)53(70)63-22-23-72-28-41(63)51(67)68/h13,16,24,26-27,29,31,34,38-39,41,43,45,47,58H,6-12,14-15,17-23,25,28,30H2,1-5H3,(H,57,65)(H,67,68)/t38-,39-,41+,43?,45-,47-/m0/s1. The number of anilines is 1. The molecule has 2 saturated carbocycles. The zero-order valence-electron chi connectivity index (χ0n) is 43.2. The molecule has 0 radical (unpaired) electrons. The van der Waals surface area contributed by atoms with Gasteiger partial charge < -0.3 is 43.9 Å². The molecule has 5 fully saturated rings. The summed E-state index contributed by atoms with van der Waals surface area (Å²) in [5.41, 5.74) is 10.2. The molecule has 6 atom stereocenters. The Hall–Kier alpha value is -5.67. The highest BCUT2D eigenvalue weighted by Crippen LogP contribution is 2.57. The summed E-state index contributed by atoms with van der Waals surface area (Å²) in [7, 11) is 3.27. The third kappa shape index (κ3) is 9.32. The van der Waals surface area contributed by atoms with Gasteiger partial charge in [0.05, 0.1) is 48.8 Å². The fourth-order valence-electron chi connectivity index (χ4n) is 12.9. The molecule has 4 aromatic rings. The molecule has 4 aliphatic heterocycles. The van der Waals surface area contributed by atoms with Crippen LogP contribution < -0.4 is 15.6 Å². The minimum atomic E-state index is -1.20. The largest absolute Gasteiger partial charge is 0.480 e. The number of likely N-dealkylation sites (N-methyl/N-ethyl adjacent to an activating group) is 1. The first-order valence-corrected chi connectivity index (χ1v) is 27.6. The lowest BCUT2D eigenvalue weighted by Gasteiger charge is -2.43. The van der Waals surface area contributed by atoms with Crippen LogP contribution in [0.4, 0.5) is 10.5 Å². The van der Waals surface area contributed by atoms with Gasteiger partial charge in [0, 0.05) is 111 Å². The second kappa shape index (κ2) is 20.5. The number of aryl methyl sites for hydroxylation is 1. The number of hydrogen-bond donors (Lipinski definition) is 3. The predicted octanol–water partition coefficient (Wildman–Crippen LogP) is 5.42. The number of ether oxygens (including phenoxy) is 3. The number of esters is 1. The van der Waals surface area contributed by atoms with E-state index in [0.717, 1.165) is 94.7 Å². The molecule has 0 spiro atoms. The third-order valence-electron chi connectivity index (χ3n) is 16.9. The van der Waals surface area contributed by atoms with Crippen LogP contribution in [-0.4, -0.2) is 173 Å². The van der Waals surface area contributed by atoms with E-state index >= 15 is 0 Å². The number of carboxylic acids is 1. The van der Waals surface area contributed by atoms with Gasteiger partial charge in [-0.05, 0) is 81.2 Å². The number of nitrogens with one attached hydrogen (secondary N) is 2. The van der Waals surface area contributed by atoms with Crippen LogP contribution in [0.25, 0.3) is 32.7 Å². The molecule has 1 unspecified atom stereocenters. The van der Waals surface area contributed by atoms with E-state index in [1.54, 1.807) is 7.11 Å². The lowest BCUT2D eigenvalue weighted by atomic mass is 9.67. The average Bonchev–Trinajstić information content (AvgIpc) is 3.82. The van der Waals surface area contributed by atoms with Crippen molar-refractivity contribution in [2.45, 2.75) is 127 Å². The van der Waals surface area contributed by atoms with E-state index in [2.05, 4.69) is 70.1 Å². The highest BCUT2D eigenvalue weighted by Gasteiger charge is 2.49. The van der Waals surface area contributed by atoms with Gasteiger partial charge in [-0.15, -0.1) is 11.3 Å². The van der Waals surface area contributed by atoms with Crippen molar-refractivity contribution in [3.05, 3.63) is 52.8 Å². The number of aromatic nitrogens is 3. The molecule has 3 aliphatic carbocycles. The van der Waals surface area contributed by atoms with Crippen molar-refractivity contribution < 1.29 is 43.3 Å². The lowest BCUT2D eigenvalue weighted by Crippen LogP contribution is -2.63. The molecule has 74 heavy (non-hydrogen) atoms. The number of hydrogen-bond acceptors (Lipinski definition) is 14. The first kappa shape index (κ1) is 50.5. The summed E-state index contributed by atoms with van der Waals surface area (Å²) in [6, 6.07) is 4.75. The fraction of sp³-hybridized carbons (Fsp3) is 0.611. The number of pyridine rings is 1. The van der Waals surface area contributed by atoms with E-state index in [0.29, 0.717) is 37.9 Å². The Labute approximate surface area is 435 Å². The summed E-state index contributed by atoms with van der Waals surface area (Å²) >= 11 is 1.47. The van der Waals surface area contributed by atoms with Crippen molar-refractivity contribution in [3.8, 4) is 21.8 Å². The van der Waals surface area contributed by atoms with Crippen molar-refractivity contribution in [2.24, 2.45) is 11.3 Å². The highest BCUT2D eigenvalue weighted by molar-refractivity contribution is 7.13. The predicted molar refractivity (Wildman–Crippen MR) is 277 cm³/mol. The molecule has 4 amide bonds. The number of aliphatic carboxylic acids is 1. The maximum atomic E-state index is 14.9. The van der Waals surface area contributed by atoms with Crippen molar-refractivity contribution in [1.29, 1.82) is 0 Å². The molecule has 3 aromatic heterocycles. The molecule has 19 nitrogen and oxygen atoms in total. The van der Waals surface area contributed by atoms with Crippen molar-refractivity contribution in [2.75, 3.05) is 78.1 Å². The van der Waals surface area contributed by atoms with Gasteiger partial charge in [-0.3, -0.25) is 29.3 Å². The summed E-state index contributed by atoms with van der Waals surface area (Å²) in [4.78, 5) is 88.6. The van der Waals surface area contributed by atoms with E-state index in [4.69, 9.17) is 24.2 Å². The van der Waals surface area contributed by atoms with E-state index in [1.807, 2.05) is 11.6 Å². The van der Waals surface area contributed by atoms with E-state index < -0.39 is 65.5 Å². The molecule has 1 aromatic carbocycles. The Morgan fingerprint density at radius 2 is 1.81 bits per heavy atom. The van der Waals surface area contributed by atoms with Crippen LogP contribution in [0, 0.1) is 11.3 Å². The topological polar surface area (TPSA) is 204 Å². The number of fused-ring (bicyclic) bond motifs is 8. The van der Waals surface area contributed by atoms with Gasteiger partial charge in [0.2, 0.25) is 5.91 Å². The molecule has 3 N–H and O–H groups in total. The Morgan fingerprint density at radius 1 is 1.03 bits per heavy atom. The Morgan fingerprint density at radius 3 is 2.54 bits per heavy atom. The number of carbonyl (C=O) groups excluding carboxylic acids is 4. The van der Waals surface area contributed by atoms with Gasteiger partial charge in [-0.1, -0.05) is 26.7 Å². The second-order valence-electron chi connectivity index (χ2n) is 22.1. The Balaban J connectivity index is 0.970. The number of morpholine rings is 1. The van der Waals surface area contributed by atoms with Gasteiger partial charge >= 0.3 is 18.0 Å². The van der Waals surface area contributed by atoms with Crippen LogP contribution >= 0.6 is 11.3 Å². The van der Waals surface area contributed by atoms with Gasteiger partial charge in [0.15, 0.2) is 6.04 Å². The number of cyclic esters (lactones) is 1. The van der Waals surface area contributed by atoms with Crippen LogP contribution in [0.5, 0.6) is 0 Å². The molecular weight excluding hydrogens is 965 g/mol. The summed E-state index contributed by atoms with van der Waals surface area (Å²) in [5, 5.41) is 18.2. The van der Waals surface area contributed by atoms with Crippen LogP contribution in [0.1, 0.15) is 101 Å². The number of carbonyl (C=O) groups is 5. The molecular formula is C54H70N10O9S. The van der Waals surface area contributed by atoms with Crippen LogP contribution in [0.2, 0.25) is 0 Å². The molecule has 20 heteroatoms. The zero-order valence-corrected chi connectivity index (χ0v) is 44.0. The van der Waals surface area contributed by atoms with Gasteiger partial charge in [-0.25, -0.2) is 20.0 Å². The number of piperazine rings is 1. The molecule has 6 bridgehead atoms. The fourth-order valence-corrected chi connectivity index (χ4v) is 13.8. The minimum Gasteiger partial charge on any atom is -0.480 e. The number of amides is 4. The number of thiazole rings is 1. The molecule has 11 rings (SSSR count). The number of benzene rings is 1. The van der Waals surface area contributed by atoms with Gasteiger partial charge in [-0.2, -0.15) is 0 Å². The number of hydrazine groups is 1. The summed E-state index contributed by atoms with van der Waals surface area (Å²) in [5.74, 6) is -3.16. The Kier molecular flexibility index (Phi) is 14.0.